The number of fused-ring (bicyclic) bond motifs is 2. The fourth-order valence-corrected chi connectivity index (χ4v) is 6.62. The predicted octanol–water partition coefficient (Wildman–Crippen LogP) is 3.26. The van der Waals surface area contributed by atoms with Gasteiger partial charge in [0.05, 0.1) is 11.8 Å². The molecule has 0 bridgehead atoms. The summed E-state index contributed by atoms with van der Waals surface area (Å²) in [5.74, 6) is 0.752. The molecule has 1 unspecified atom stereocenters. The van der Waals surface area contributed by atoms with E-state index in [1.165, 1.54) is 22.5 Å². The molecule has 35 heavy (non-hydrogen) atoms. The van der Waals surface area contributed by atoms with Gasteiger partial charge in [-0.2, -0.15) is 0 Å². The molecular weight excluding hydrogens is 458 g/mol. The highest BCUT2D eigenvalue weighted by Gasteiger charge is 2.29. The molecule has 0 saturated carbocycles. The second-order valence-electron chi connectivity index (χ2n) is 9.95. The van der Waals surface area contributed by atoms with Crippen LogP contribution in [-0.2, 0) is 19.3 Å². The van der Waals surface area contributed by atoms with Crippen LogP contribution in [0, 0.1) is 5.92 Å². The van der Waals surface area contributed by atoms with Crippen molar-refractivity contribution in [2.75, 3.05) is 30.3 Å². The van der Waals surface area contributed by atoms with E-state index in [1.807, 2.05) is 0 Å². The van der Waals surface area contributed by atoms with Crippen LogP contribution in [0.15, 0.2) is 30.3 Å². The Morgan fingerprint density at radius 3 is 2.57 bits per heavy atom. The molecule has 1 amide bonds. The summed E-state index contributed by atoms with van der Waals surface area (Å²) in [6.07, 6.45) is 5.47. The molecule has 186 valence electrons. The van der Waals surface area contributed by atoms with Gasteiger partial charge in [0.2, 0.25) is 0 Å². The van der Waals surface area contributed by atoms with Crippen LogP contribution in [0.3, 0.4) is 0 Å². The first-order chi connectivity index (χ1) is 16.9. The van der Waals surface area contributed by atoms with E-state index < -0.39 is 5.91 Å². The predicted molar refractivity (Wildman–Crippen MR) is 143 cm³/mol. The quantitative estimate of drug-likeness (QED) is 0.383. The number of rotatable bonds is 8. The van der Waals surface area contributed by atoms with Gasteiger partial charge in [0.25, 0.3) is 5.91 Å². The number of nitrogens with two attached hydrogens (primary N) is 2. The molecule has 1 atom stereocenters. The van der Waals surface area contributed by atoms with Crippen molar-refractivity contribution in [2.24, 2.45) is 11.7 Å². The van der Waals surface area contributed by atoms with E-state index in [0.717, 1.165) is 73.2 Å². The number of aliphatic hydroxyl groups excluding tert-OH is 1. The molecule has 1 aromatic carbocycles. The third-order valence-electron chi connectivity index (χ3n) is 7.57. The Labute approximate surface area is 210 Å². The van der Waals surface area contributed by atoms with E-state index >= 15 is 0 Å². The van der Waals surface area contributed by atoms with Gasteiger partial charge in [0, 0.05) is 31.1 Å². The van der Waals surface area contributed by atoms with Gasteiger partial charge in [0.1, 0.15) is 15.5 Å². The number of thiophene rings is 1. The number of benzene rings is 1. The lowest BCUT2D eigenvalue weighted by molar-refractivity contribution is 0.100. The molecule has 5 rings (SSSR count). The highest BCUT2D eigenvalue weighted by molar-refractivity contribution is 7.21. The Hall–Kier alpha value is -2.68. The van der Waals surface area contributed by atoms with Crippen LogP contribution in [0.5, 0.6) is 0 Å². The lowest BCUT2D eigenvalue weighted by Gasteiger charge is -2.34. The summed E-state index contributed by atoms with van der Waals surface area (Å²) in [6.45, 7) is 4.57. The van der Waals surface area contributed by atoms with Gasteiger partial charge in [-0.05, 0) is 60.8 Å². The number of piperidine rings is 1. The average Bonchev–Trinajstić information content (AvgIpc) is 3.44. The lowest BCUT2D eigenvalue weighted by Crippen LogP contribution is -2.46. The van der Waals surface area contributed by atoms with Crippen LogP contribution < -0.4 is 21.7 Å². The zero-order chi connectivity index (χ0) is 24.5. The van der Waals surface area contributed by atoms with E-state index in [-0.39, 0.29) is 6.10 Å². The Morgan fingerprint density at radius 1 is 1.26 bits per heavy atom. The second kappa shape index (κ2) is 10.1. The van der Waals surface area contributed by atoms with E-state index in [2.05, 4.69) is 47.5 Å². The van der Waals surface area contributed by atoms with Crippen molar-refractivity contribution >= 4 is 39.0 Å². The molecule has 3 aromatic rings. The molecule has 0 radical (unpaired) electrons. The zero-order valence-electron chi connectivity index (χ0n) is 20.3. The van der Waals surface area contributed by atoms with Gasteiger partial charge in [-0.25, -0.2) is 4.98 Å². The van der Waals surface area contributed by atoms with Crippen LogP contribution in [0.1, 0.15) is 52.5 Å². The minimum atomic E-state index is -0.495. The minimum Gasteiger partial charge on any atom is -0.397 e. The zero-order valence-corrected chi connectivity index (χ0v) is 21.1. The number of aliphatic hydroxyl groups is 1. The molecule has 1 fully saturated rings. The number of amides is 1. The lowest BCUT2D eigenvalue weighted by atomic mass is 9.98. The molecule has 1 aliphatic carbocycles. The number of carbonyl (C=O) groups is 1. The van der Waals surface area contributed by atoms with E-state index in [4.69, 9.17) is 16.5 Å². The summed E-state index contributed by atoms with van der Waals surface area (Å²) in [5.41, 5.74) is 16.2. The first kappa shape index (κ1) is 24.0. The molecular formula is C27H35N5O2S. The van der Waals surface area contributed by atoms with Crippen molar-refractivity contribution in [3.63, 3.8) is 0 Å². The summed E-state index contributed by atoms with van der Waals surface area (Å²) in [5, 5.41) is 15.3. The van der Waals surface area contributed by atoms with Crippen LogP contribution in [-0.4, -0.2) is 47.8 Å². The molecule has 3 heterocycles. The molecule has 1 saturated heterocycles. The van der Waals surface area contributed by atoms with Crippen molar-refractivity contribution in [1.82, 2.24) is 10.3 Å². The standard InChI is InChI=1S/C27H35N5O2S/c1-2-5-18-14-22(31-27-23(18)24(28)25(35-27)26(29)34)32-10-8-20(9-11-32)30-15-21(33)19-12-16-6-3-4-7-17(16)13-19/h3-4,6-7,14,19-21,30,33H,2,5,8-13,15,28H2,1H3,(H2,29,34). The van der Waals surface area contributed by atoms with Gasteiger partial charge in [0.15, 0.2) is 0 Å². The Balaban J connectivity index is 1.20. The number of pyridine rings is 1. The number of primary amides is 1. The summed E-state index contributed by atoms with van der Waals surface area (Å²) < 4.78 is 0. The summed E-state index contributed by atoms with van der Waals surface area (Å²) in [6, 6.07) is 11.1. The van der Waals surface area contributed by atoms with E-state index in [1.54, 1.807) is 0 Å². The summed E-state index contributed by atoms with van der Waals surface area (Å²) >= 11 is 1.29. The van der Waals surface area contributed by atoms with E-state index in [0.29, 0.717) is 29.1 Å². The molecule has 2 aromatic heterocycles. The number of nitrogens with zero attached hydrogens (tertiary/aromatic N) is 2. The number of hydrogen-bond acceptors (Lipinski definition) is 7. The molecule has 6 N–H and O–H groups in total. The highest BCUT2D eigenvalue weighted by atomic mass is 32.1. The summed E-state index contributed by atoms with van der Waals surface area (Å²) in [7, 11) is 0. The number of aryl methyl sites for hydroxylation is 1. The van der Waals surface area contributed by atoms with Crippen molar-refractivity contribution in [1.29, 1.82) is 0 Å². The number of hydrogen-bond donors (Lipinski definition) is 4. The van der Waals surface area contributed by atoms with Gasteiger partial charge in [-0.1, -0.05) is 37.6 Å². The van der Waals surface area contributed by atoms with Crippen molar-refractivity contribution in [2.45, 2.75) is 57.6 Å². The number of nitrogen functional groups attached to an aromatic ring is 1. The van der Waals surface area contributed by atoms with E-state index in [9.17, 15) is 9.90 Å². The maximum atomic E-state index is 11.8. The minimum absolute atomic E-state index is 0.302. The van der Waals surface area contributed by atoms with Crippen LogP contribution >= 0.6 is 11.3 Å². The smallest absolute Gasteiger partial charge is 0.260 e. The largest absolute Gasteiger partial charge is 0.397 e. The second-order valence-corrected chi connectivity index (χ2v) is 11.0. The van der Waals surface area contributed by atoms with Crippen molar-refractivity contribution in [3.8, 4) is 0 Å². The SMILES string of the molecule is CCCc1cc(N2CCC(NCC(O)C3Cc4ccccc4C3)CC2)nc2sc(C(N)=O)c(N)c12. The molecule has 0 spiro atoms. The molecule has 1 aliphatic heterocycles. The van der Waals surface area contributed by atoms with Gasteiger partial charge in [-0.3, -0.25) is 4.79 Å². The topological polar surface area (TPSA) is 117 Å². The van der Waals surface area contributed by atoms with Crippen molar-refractivity contribution in [3.05, 3.63) is 51.9 Å². The van der Waals surface area contributed by atoms with Gasteiger partial charge in [-0.15, -0.1) is 11.3 Å². The third kappa shape index (κ3) is 4.87. The maximum absolute atomic E-state index is 11.8. The van der Waals surface area contributed by atoms with Crippen molar-refractivity contribution < 1.29 is 9.90 Å². The fraction of sp³-hybridized carbons (Fsp3) is 0.481. The monoisotopic (exact) mass is 493 g/mol. The first-order valence-corrected chi connectivity index (χ1v) is 13.5. The first-order valence-electron chi connectivity index (χ1n) is 12.7. The number of anilines is 2. The number of carbonyl (C=O) groups excluding carboxylic acids is 1. The van der Waals surface area contributed by atoms with Crippen LogP contribution in [0.2, 0.25) is 0 Å². The molecule has 8 heteroatoms. The third-order valence-corrected chi connectivity index (χ3v) is 8.69. The Kier molecular flexibility index (Phi) is 6.95. The maximum Gasteiger partial charge on any atom is 0.260 e. The highest BCUT2D eigenvalue weighted by Crippen LogP contribution is 2.37. The summed E-state index contributed by atoms with van der Waals surface area (Å²) in [4.78, 5) is 20.2. The van der Waals surface area contributed by atoms with Crippen LogP contribution in [0.4, 0.5) is 11.5 Å². The molecule has 7 nitrogen and oxygen atoms in total. The average molecular weight is 494 g/mol. The fourth-order valence-electron chi connectivity index (χ4n) is 5.63. The Morgan fingerprint density at radius 2 is 1.94 bits per heavy atom. The number of nitrogens with one attached hydrogen (secondary N) is 1. The Bertz CT molecular complexity index is 1190. The van der Waals surface area contributed by atoms with Gasteiger partial charge >= 0.3 is 0 Å². The normalized spacial score (nSPS) is 17.7. The molecule has 2 aliphatic rings. The number of aromatic nitrogens is 1. The van der Waals surface area contributed by atoms with Crippen LogP contribution in [0.25, 0.3) is 10.2 Å². The van der Waals surface area contributed by atoms with Gasteiger partial charge < -0.3 is 26.8 Å².